The summed E-state index contributed by atoms with van der Waals surface area (Å²) in [5.74, 6) is 0.655. The van der Waals surface area contributed by atoms with Gasteiger partial charge in [-0.25, -0.2) is 0 Å². The molecule has 0 fully saturated rings. The molecule has 5 heteroatoms. The first-order valence-corrected chi connectivity index (χ1v) is 6.01. The molecule has 17 heavy (non-hydrogen) atoms. The zero-order valence-electron chi connectivity index (χ0n) is 9.25. The lowest BCUT2D eigenvalue weighted by molar-refractivity contribution is -0.456. The first kappa shape index (κ1) is 11.7. The summed E-state index contributed by atoms with van der Waals surface area (Å²) in [6.07, 6.45) is 0. The highest BCUT2D eigenvalue weighted by atomic mass is 32.2. The largest absolute Gasteiger partial charge is 0.496 e. The third-order valence-corrected chi connectivity index (χ3v) is 3.40. The summed E-state index contributed by atoms with van der Waals surface area (Å²) >= 11 is 1.22. The summed E-state index contributed by atoms with van der Waals surface area (Å²) in [5.41, 5.74) is 0. The van der Waals surface area contributed by atoms with E-state index in [4.69, 9.17) is 4.74 Å². The fourth-order valence-electron chi connectivity index (χ4n) is 1.67. The summed E-state index contributed by atoms with van der Waals surface area (Å²) in [7, 11) is 1.62. The van der Waals surface area contributed by atoms with Crippen molar-refractivity contribution in [1.82, 2.24) is 0 Å². The van der Waals surface area contributed by atoms with Gasteiger partial charge < -0.3 is 4.74 Å². The van der Waals surface area contributed by atoms with Gasteiger partial charge in [0.2, 0.25) is 0 Å². The number of thioether (sulfide) groups is 1. The predicted octanol–water partition coefficient (Wildman–Crippen LogP) is 3.17. The van der Waals surface area contributed by atoms with Crippen LogP contribution in [0.4, 0.5) is 0 Å². The van der Waals surface area contributed by atoms with E-state index in [0.717, 1.165) is 21.4 Å². The zero-order chi connectivity index (χ0) is 12.3. The second kappa shape index (κ2) is 5.05. The summed E-state index contributed by atoms with van der Waals surface area (Å²) in [4.78, 5) is 11.0. The Labute approximate surface area is 103 Å². The highest BCUT2D eigenvalue weighted by Crippen LogP contribution is 2.33. The van der Waals surface area contributed by atoms with Gasteiger partial charge in [0.1, 0.15) is 5.75 Å². The van der Waals surface area contributed by atoms with E-state index in [1.807, 2.05) is 36.4 Å². The van der Waals surface area contributed by atoms with E-state index in [2.05, 4.69) is 0 Å². The van der Waals surface area contributed by atoms with E-state index in [-0.39, 0.29) is 10.8 Å². The Bertz CT molecular complexity index is 556. The Morgan fingerprint density at radius 1 is 1.24 bits per heavy atom. The minimum absolute atomic E-state index is 0.129. The third-order valence-electron chi connectivity index (χ3n) is 2.39. The van der Waals surface area contributed by atoms with Crippen molar-refractivity contribution in [1.29, 1.82) is 0 Å². The molecule has 0 aromatic heterocycles. The van der Waals surface area contributed by atoms with Crippen LogP contribution in [0, 0.1) is 10.1 Å². The molecule has 0 amide bonds. The van der Waals surface area contributed by atoms with Crippen LogP contribution in [0.2, 0.25) is 0 Å². The fourth-order valence-corrected chi connectivity index (χ4v) is 2.41. The lowest BCUT2D eigenvalue weighted by Crippen LogP contribution is -1.95. The average molecular weight is 249 g/mol. The molecular weight excluding hydrogens is 238 g/mol. The molecule has 2 rings (SSSR count). The molecule has 0 atom stereocenters. The summed E-state index contributed by atoms with van der Waals surface area (Å²) in [6.45, 7) is 0. The molecule has 0 heterocycles. The van der Waals surface area contributed by atoms with Crippen molar-refractivity contribution in [2.45, 2.75) is 4.90 Å². The summed E-state index contributed by atoms with van der Waals surface area (Å²) < 4.78 is 5.26. The van der Waals surface area contributed by atoms with Gasteiger partial charge in [-0.3, -0.25) is 10.1 Å². The van der Waals surface area contributed by atoms with Crippen LogP contribution in [-0.2, 0) is 0 Å². The van der Waals surface area contributed by atoms with Gasteiger partial charge in [0.05, 0.1) is 7.11 Å². The maximum atomic E-state index is 10.4. The highest BCUT2D eigenvalue weighted by Gasteiger charge is 2.08. The zero-order valence-corrected chi connectivity index (χ0v) is 10.1. The van der Waals surface area contributed by atoms with Crippen LogP contribution in [0.5, 0.6) is 5.75 Å². The van der Waals surface area contributed by atoms with Gasteiger partial charge in [0.15, 0.2) is 0 Å². The van der Waals surface area contributed by atoms with E-state index in [1.54, 1.807) is 7.11 Å². The molecule has 0 unspecified atom stereocenters. The van der Waals surface area contributed by atoms with Crippen LogP contribution in [0.1, 0.15) is 0 Å². The van der Waals surface area contributed by atoms with Crippen LogP contribution in [0.15, 0.2) is 41.3 Å². The second-order valence-electron chi connectivity index (χ2n) is 3.42. The number of rotatable bonds is 4. The first-order chi connectivity index (χ1) is 8.22. The molecule has 0 aliphatic heterocycles. The maximum absolute atomic E-state index is 10.4. The van der Waals surface area contributed by atoms with Crippen molar-refractivity contribution in [2.24, 2.45) is 0 Å². The molecule has 88 valence electrons. The van der Waals surface area contributed by atoms with Crippen LogP contribution < -0.4 is 4.74 Å². The molecule has 2 aromatic rings. The molecule has 0 aliphatic rings. The van der Waals surface area contributed by atoms with Crippen molar-refractivity contribution < 1.29 is 9.66 Å². The Kier molecular flexibility index (Phi) is 3.49. The monoisotopic (exact) mass is 249 g/mol. The van der Waals surface area contributed by atoms with Crippen LogP contribution in [-0.4, -0.2) is 17.9 Å². The highest BCUT2D eigenvalue weighted by molar-refractivity contribution is 7.99. The normalized spacial score (nSPS) is 10.4. The summed E-state index contributed by atoms with van der Waals surface area (Å²) in [6, 6.07) is 11.4. The number of nitrogens with zero attached hydrogens (tertiary/aromatic N) is 1. The number of ether oxygens (including phenoxy) is 1. The van der Waals surface area contributed by atoms with Crippen molar-refractivity contribution in [2.75, 3.05) is 13.0 Å². The molecule has 0 saturated carbocycles. The van der Waals surface area contributed by atoms with E-state index < -0.39 is 0 Å². The Morgan fingerprint density at radius 2 is 1.94 bits per heavy atom. The first-order valence-electron chi connectivity index (χ1n) is 5.02. The van der Waals surface area contributed by atoms with E-state index in [0.29, 0.717) is 0 Å². The Balaban J connectivity index is 2.47. The topological polar surface area (TPSA) is 52.4 Å². The second-order valence-corrected chi connectivity index (χ2v) is 4.40. The van der Waals surface area contributed by atoms with Gasteiger partial charge in [-0.1, -0.05) is 24.3 Å². The molecule has 0 saturated heterocycles. The van der Waals surface area contributed by atoms with Crippen LogP contribution >= 0.6 is 11.8 Å². The minimum atomic E-state index is -0.330. The Morgan fingerprint density at radius 3 is 2.59 bits per heavy atom. The number of methoxy groups -OCH3 is 1. The quantitative estimate of drug-likeness (QED) is 0.361. The SMILES string of the molecule is COc1ccc(SC[N+](=O)[O-])c2ccccc12. The van der Waals surface area contributed by atoms with Gasteiger partial charge in [-0.15, -0.1) is 0 Å². The minimum Gasteiger partial charge on any atom is -0.496 e. The fraction of sp³-hybridized carbons (Fsp3) is 0.167. The maximum Gasteiger partial charge on any atom is 0.253 e. The van der Waals surface area contributed by atoms with Gasteiger partial charge in [-0.05, 0) is 29.3 Å². The van der Waals surface area contributed by atoms with Crippen molar-refractivity contribution >= 4 is 22.5 Å². The molecule has 2 aromatic carbocycles. The summed E-state index contributed by atoms with van der Waals surface area (Å²) in [5, 5.41) is 12.4. The standard InChI is InChI=1S/C12H11NO3S/c1-16-11-6-7-12(17-8-13(14)15)10-5-3-2-4-9(10)11/h2-7H,8H2,1H3. The number of hydrogen-bond acceptors (Lipinski definition) is 4. The smallest absolute Gasteiger partial charge is 0.253 e. The lowest BCUT2D eigenvalue weighted by Gasteiger charge is -2.08. The van der Waals surface area contributed by atoms with Crippen molar-refractivity contribution in [3.63, 3.8) is 0 Å². The lowest BCUT2D eigenvalue weighted by atomic mass is 10.1. The number of hydrogen-bond donors (Lipinski definition) is 0. The molecule has 0 spiro atoms. The molecule has 4 nitrogen and oxygen atoms in total. The third kappa shape index (κ3) is 2.50. The van der Waals surface area contributed by atoms with Gasteiger partial charge in [0, 0.05) is 15.2 Å². The van der Waals surface area contributed by atoms with E-state index in [1.165, 1.54) is 11.8 Å². The Hall–Kier alpha value is -1.75. The molecule has 0 bridgehead atoms. The predicted molar refractivity (Wildman–Crippen MR) is 68.2 cm³/mol. The van der Waals surface area contributed by atoms with E-state index in [9.17, 15) is 10.1 Å². The van der Waals surface area contributed by atoms with Crippen LogP contribution in [0.3, 0.4) is 0 Å². The van der Waals surface area contributed by atoms with Crippen molar-refractivity contribution in [3.05, 3.63) is 46.5 Å². The molecular formula is C12H11NO3S. The van der Waals surface area contributed by atoms with Gasteiger partial charge in [-0.2, -0.15) is 0 Å². The molecule has 0 N–H and O–H groups in total. The van der Waals surface area contributed by atoms with Gasteiger partial charge >= 0.3 is 0 Å². The van der Waals surface area contributed by atoms with E-state index >= 15 is 0 Å². The average Bonchev–Trinajstić information content (AvgIpc) is 2.35. The molecule has 0 aliphatic carbocycles. The number of nitro groups is 1. The number of benzene rings is 2. The van der Waals surface area contributed by atoms with Gasteiger partial charge in [0.25, 0.3) is 5.88 Å². The van der Waals surface area contributed by atoms with Crippen molar-refractivity contribution in [3.8, 4) is 5.75 Å². The van der Waals surface area contributed by atoms with Crippen LogP contribution in [0.25, 0.3) is 10.8 Å². The molecule has 0 radical (unpaired) electrons. The number of fused-ring (bicyclic) bond motifs is 1.